The van der Waals surface area contributed by atoms with Gasteiger partial charge in [0.15, 0.2) is 5.65 Å². The number of nitrogens with zero attached hydrogens (tertiary/aromatic N) is 4. The van der Waals surface area contributed by atoms with Crippen LogP contribution in [0.2, 0.25) is 5.02 Å². The van der Waals surface area contributed by atoms with Crippen molar-refractivity contribution in [2.45, 2.75) is 0 Å². The summed E-state index contributed by atoms with van der Waals surface area (Å²) in [6, 6.07) is 14.9. The van der Waals surface area contributed by atoms with E-state index in [1.54, 1.807) is 23.0 Å². The van der Waals surface area contributed by atoms with Crippen molar-refractivity contribution < 1.29 is 4.74 Å². The van der Waals surface area contributed by atoms with Gasteiger partial charge in [0, 0.05) is 17.8 Å². The van der Waals surface area contributed by atoms with E-state index in [4.69, 9.17) is 16.3 Å². The average Bonchev–Trinajstić information content (AvgIpc) is 3.01. The second-order valence-corrected chi connectivity index (χ2v) is 5.87. The van der Waals surface area contributed by atoms with E-state index in [-0.39, 0.29) is 0 Å². The van der Waals surface area contributed by atoms with Crippen molar-refractivity contribution in [3.05, 3.63) is 66.1 Å². The molecule has 0 aliphatic rings. The van der Waals surface area contributed by atoms with Gasteiger partial charge in [-0.25, -0.2) is 9.97 Å². The van der Waals surface area contributed by atoms with Crippen molar-refractivity contribution in [1.82, 2.24) is 19.7 Å². The third kappa shape index (κ3) is 3.25. The maximum atomic E-state index is 5.88. The lowest BCUT2D eigenvalue weighted by atomic mass is 10.3. The zero-order chi connectivity index (χ0) is 17.2. The molecule has 0 spiro atoms. The highest BCUT2D eigenvalue weighted by Crippen LogP contribution is 2.26. The molecule has 1 N–H and O–H groups in total. The first-order chi connectivity index (χ1) is 12.2. The minimum absolute atomic E-state index is 0.679. The molecule has 4 rings (SSSR count). The molecular formula is C18H14ClN5O. The van der Waals surface area contributed by atoms with Gasteiger partial charge in [0.05, 0.1) is 11.6 Å². The second kappa shape index (κ2) is 6.41. The molecular weight excluding hydrogens is 338 g/mol. The number of halogens is 1. The van der Waals surface area contributed by atoms with Crippen LogP contribution < -0.4 is 10.1 Å². The third-order valence-electron chi connectivity index (χ3n) is 3.70. The van der Waals surface area contributed by atoms with Gasteiger partial charge in [-0.15, -0.1) is 0 Å². The molecule has 0 saturated carbocycles. The van der Waals surface area contributed by atoms with Gasteiger partial charge in [-0.2, -0.15) is 5.10 Å². The fraction of sp³-hybridized carbons (Fsp3) is 0.0556. The number of hydrogen-bond donors (Lipinski definition) is 1. The van der Waals surface area contributed by atoms with Gasteiger partial charge in [-0.3, -0.25) is 4.68 Å². The minimum atomic E-state index is 0.679. The van der Waals surface area contributed by atoms with Crippen LogP contribution in [-0.4, -0.2) is 19.7 Å². The lowest BCUT2D eigenvalue weighted by Gasteiger charge is -2.09. The van der Waals surface area contributed by atoms with Gasteiger partial charge < -0.3 is 10.1 Å². The number of anilines is 2. The highest BCUT2D eigenvalue weighted by Gasteiger charge is 2.08. The summed E-state index contributed by atoms with van der Waals surface area (Å²) in [5.74, 6) is 2.18. The number of fused-ring (bicyclic) bond motifs is 1. The van der Waals surface area contributed by atoms with Crippen LogP contribution in [0.15, 0.2) is 61.1 Å². The van der Waals surface area contributed by atoms with Gasteiger partial charge in [0.25, 0.3) is 0 Å². The third-order valence-corrected chi connectivity index (χ3v) is 3.95. The topological polar surface area (TPSA) is 64.9 Å². The van der Waals surface area contributed by atoms with Crippen LogP contribution in [-0.2, 0) is 7.05 Å². The molecule has 0 bridgehead atoms. The van der Waals surface area contributed by atoms with E-state index in [9.17, 15) is 0 Å². The zero-order valence-electron chi connectivity index (χ0n) is 13.3. The molecule has 7 heteroatoms. The van der Waals surface area contributed by atoms with Crippen LogP contribution in [0.4, 0.5) is 11.5 Å². The molecule has 4 aromatic rings. The van der Waals surface area contributed by atoms with Crippen LogP contribution in [0.25, 0.3) is 11.0 Å². The second-order valence-electron chi connectivity index (χ2n) is 5.43. The van der Waals surface area contributed by atoms with E-state index >= 15 is 0 Å². The molecule has 0 amide bonds. The largest absolute Gasteiger partial charge is 0.457 e. The fourth-order valence-electron chi connectivity index (χ4n) is 2.44. The number of aryl methyl sites for hydroxylation is 1. The van der Waals surface area contributed by atoms with E-state index in [2.05, 4.69) is 20.4 Å². The van der Waals surface area contributed by atoms with Crippen LogP contribution >= 0.6 is 11.6 Å². The molecule has 6 nitrogen and oxygen atoms in total. The number of rotatable bonds is 4. The first-order valence-electron chi connectivity index (χ1n) is 7.62. The van der Waals surface area contributed by atoms with Crippen molar-refractivity contribution >= 4 is 34.1 Å². The number of ether oxygens (including phenoxy) is 1. The molecule has 2 aromatic carbocycles. The van der Waals surface area contributed by atoms with Crippen molar-refractivity contribution in [3.63, 3.8) is 0 Å². The van der Waals surface area contributed by atoms with E-state index < -0.39 is 0 Å². The average molecular weight is 352 g/mol. The lowest BCUT2D eigenvalue weighted by molar-refractivity contribution is 0.483. The fourth-order valence-corrected chi connectivity index (χ4v) is 2.57. The summed E-state index contributed by atoms with van der Waals surface area (Å²) in [7, 11) is 1.85. The Kier molecular flexibility index (Phi) is 3.95. The van der Waals surface area contributed by atoms with E-state index in [0.717, 1.165) is 28.2 Å². The maximum absolute atomic E-state index is 5.88. The standard InChI is InChI=1S/C18H14ClN5O/c1-24-18-16(10-22-24)17(20-11-21-18)23-13-4-8-15(9-5-13)25-14-6-2-12(19)3-7-14/h2-11H,1H3,(H,20,21,23). The first-order valence-corrected chi connectivity index (χ1v) is 8.00. The van der Waals surface area contributed by atoms with Gasteiger partial charge in [0.2, 0.25) is 0 Å². The van der Waals surface area contributed by atoms with Crippen LogP contribution in [0.3, 0.4) is 0 Å². The van der Waals surface area contributed by atoms with Gasteiger partial charge in [0.1, 0.15) is 23.6 Å². The highest BCUT2D eigenvalue weighted by atomic mass is 35.5. The van der Waals surface area contributed by atoms with Crippen LogP contribution in [0.5, 0.6) is 11.5 Å². The summed E-state index contributed by atoms with van der Waals surface area (Å²) in [5.41, 5.74) is 1.67. The minimum Gasteiger partial charge on any atom is -0.457 e. The Hall–Kier alpha value is -3.12. The summed E-state index contributed by atoms with van der Waals surface area (Å²) >= 11 is 5.88. The Morgan fingerprint density at radius 3 is 2.36 bits per heavy atom. The summed E-state index contributed by atoms with van der Waals surface area (Å²) in [5, 5.41) is 9.04. The molecule has 0 saturated heterocycles. The molecule has 0 atom stereocenters. The van der Waals surface area contributed by atoms with Crippen molar-refractivity contribution in [1.29, 1.82) is 0 Å². The normalized spacial score (nSPS) is 10.8. The van der Waals surface area contributed by atoms with Crippen molar-refractivity contribution in [2.24, 2.45) is 7.05 Å². The predicted octanol–water partition coefficient (Wildman–Crippen LogP) is 4.55. The van der Waals surface area contributed by atoms with Crippen LogP contribution in [0.1, 0.15) is 0 Å². The molecule has 25 heavy (non-hydrogen) atoms. The maximum Gasteiger partial charge on any atom is 0.163 e. The van der Waals surface area contributed by atoms with Crippen LogP contribution in [0, 0.1) is 0 Å². The Labute approximate surface area is 149 Å². The SMILES string of the molecule is Cn1ncc2c(Nc3ccc(Oc4ccc(Cl)cc4)cc3)ncnc21. The van der Waals surface area contributed by atoms with E-state index in [1.807, 2.05) is 43.4 Å². The number of benzene rings is 2. The van der Waals surface area contributed by atoms with Crippen molar-refractivity contribution in [2.75, 3.05) is 5.32 Å². The van der Waals surface area contributed by atoms with E-state index in [1.165, 1.54) is 6.33 Å². The molecule has 0 fully saturated rings. The smallest absolute Gasteiger partial charge is 0.163 e. The summed E-state index contributed by atoms with van der Waals surface area (Å²) in [6.45, 7) is 0. The summed E-state index contributed by atoms with van der Waals surface area (Å²) < 4.78 is 7.50. The van der Waals surface area contributed by atoms with Gasteiger partial charge in [-0.05, 0) is 48.5 Å². The molecule has 0 aliphatic heterocycles. The number of nitrogens with one attached hydrogen (secondary N) is 1. The summed E-state index contributed by atoms with van der Waals surface area (Å²) in [4.78, 5) is 8.52. The Morgan fingerprint density at radius 1 is 0.960 bits per heavy atom. The quantitative estimate of drug-likeness (QED) is 0.584. The Morgan fingerprint density at radius 2 is 1.64 bits per heavy atom. The predicted molar refractivity (Wildman–Crippen MR) is 97.6 cm³/mol. The van der Waals surface area contributed by atoms with Gasteiger partial charge in [-0.1, -0.05) is 11.6 Å². The monoisotopic (exact) mass is 351 g/mol. The van der Waals surface area contributed by atoms with Gasteiger partial charge >= 0.3 is 0 Å². The lowest BCUT2D eigenvalue weighted by Crippen LogP contribution is -1.97. The molecule has 0 radical (unpaired) electrons. The van der Waals surface area contributed by atoms with Crippen molar-refractivity contribution in [3.8, 4) is 11.5 Å². The molecule has 0 unspecified atom stereocenters. The van der Waals surface area contributed by atoms with E-state index in [0.29, 0.717) is 10.8 Å². The Bertz CT molecular complexity index is 1010. The number of aromatic nitrogens is 4. The summed E-state index contributed by atoms with van der Waals surface area (Å²) in [6.07, 6.45) is 3.26. The number of hydrogen-bond acceptors (Lipinski definition) is 5. The molecule has 124 valence electrons. The highest BCUT2D eigenvalue weighted by molar-refractivity contribution is 6.30. The Balaban J connectivity index is 1.53. The zero-order valence-corrected chi connectivity index (χ0v) is 14.1. The first kappa shape index (κ1) is 15.4. The molecule has 2 aromatic heterocycles. The molecule has 2 heterocycles. The molecule has 0 aliphatic carbocycles.